The number of likely N-dealkylation sites (tertiary alicyclic amines) is 2. The first-order valence-electron chi connectivity index (χ1n) is 18.0. The molecule has 50 heavy (non-hydrogen) atoms. The Bertz CT molecular complexity index is 1280. The summed E-state index contributed by atoms with van der Waals surface area (Å²) in [4.78, 5) is 34.8. The normalized spacial score (nSPS) is 24.0. The fourth-order valence-electron chi connectivity index (χ4n) is 8.35. The standard InChI is InChI=1S/2C19H26Cl2N2O.2ClH/c2*1-22(19(24)13-14-8-9-15(20)16(21)12-14)17-6-2-3-7-18(17)23-10-4-5-11-23;;/h2*8-9,12,17-18H,2-7,10-11,13H2,1H3;2*1H/p-2/t2*17-,18-;;/m10../s1. The van der Waals surface area contributed by atoms with Gasteiger partial charge in [-0.3, -0.25) is 19.4 Å². The van der Waals surface area contributed by atoms with Crippen LogP contribution in [0.4, 0.5) is 0 Å². The van der Waals surface area contributed by atoms with Gasteiger partial charge in [-0.1, -0.05) is 84.2 Å². The van der Waals surface area contributed by atoms with Crippen molar-refractivity contribution in [3.05, 3.63) is 67.6 Å². The highest BCUT2D eigenvalue weighted by Gasteiger charge is 2.36. The summed E-state index contributed by atoms with van der Waals surface area (Å²) in [6, 6.07) is 12.6. The van der Waals surface area contributed by atoms with Crippen molar-refractivity contribution in [2.75, 3.05) is 40.3 Å². The van der Waals surface area contributed by atoms with Gasteiger partial charge in [0.05, 0.1) is 32.9 Å². The van der Waals surface area contributed by atoms with E-state index in [1.165, 1.54) is 90.4 Å². The van der Waals surface area contributed by atoms with E-state index in [0.717, 1.165) is 24.0 Å². The molecular formula is C38H52Cl6N4O2-2. The molecule has 0 bridgehead atoms. The highest BCUT2D eigenvalue weighted by molar-refractivity contribution is 6.42. The molecular weight excluding hydrogens is 757 g/mol. The Hall–Kier alpha value is -0.960. The van der Waals surface area contributed by atoms with Gasteiger partial charge in [-0.15, -0.1) is 0 Å². The highest BCUT2D eigenvalue weighted by atomic mass is 35.5. The maximum Gasteiger partial charge on any atom is 0.227 e. The summed E-state index contributed by atoms with van der Waals surface area (Å²) in [5.74, 6) is 0.342. The average Bonchev–Trinajstić information content (AvgIpc) is 3.84. The van der Waals surface area contributed by atoms with E-state index in [9.17, 15) is 9.59 Å². The monoisotopic (exact) mass is 806 g/mol. The molecule has 0 spiro atoms. The summed E-state index contributed by atoms with van der Waals surface area (Å²) in [5.41, 5.74) is 1.85. The first kappa shape index (κ1) is 43.4. The van der Waals surface area contributed by atoms with Crippen molar-refractivity contribution in [1.82, 2.24) is 19.6 Å². The Morgan fingerprint density at radius 2 is 0.900 bits per heavy atom. The molecule has 2 aromatic carbocycles. The van der Waals surface area contributed by atoms with Crippen molar-refractivity contribution < 1.29 is 34.4 Å². The van der Waals surface area contributed by atoms with E-state index in [4.69, 9.17) is 46.4 Å². The molecule has 2 aliphatic heterocycles. The molecule has 4 aliphatic rings. The smallest absolute Gasteiger partial charge is 0.227 e. The SMILES string of the molecule is CN(C(=O)Cc1ccc(Cl)c(Cl)c1)[C@@H]1CCCC[C@H]1N1CCCC1.CN(C(=O)Cc1ccc(Cl)c(Cl)c1)[C@H]1CCCC[C@@H]1N1CCCC1.[Cl-].[Cl-]. The summed E-state index contributed by atoms with van der Waals surface area (Å²) < 4.78 is 0. The van der Waals surface area contributed by atoms with Crippen molar-refractivity contribution in [3.63, 3.8) is 0 Å². The van der Waals surface area contributed by atoms with Crippen molar-refractivity contribution in [2.24, 2.45) is 0 Å². The molecule has 0 aromatic heterocycles. The first-order chi connectivity index (χ1) is 23.1. The van der Waals surface area contributed by atoms with Gasteiger partial charge in [0.15, 0.2) is 0 Å². The predicted molar refractivity (Wildman–Crippen MR) is 200 cm³/mol. The van der Waals surface area contributed by atoms with Gasteiger partial charge < -0.3 is 34.6 Å². The molecule has 2 saturated carbocycles. The third-order valence-corrected chi connectivity index (χ3v) is 12.5. The minimum absolute atomic E-state index is 0. The van der Waals surface area contributed by atoms with E-state index >= 15 is 0 Å². The second kappa shape index (κ2) is 21.1. The molecule has 4 fully saturated rings. The lowest BCUT2D eigenvalue weighted by molar-refractivity contribution is -0.134. The first-order valence-corrected chi connectivity index (χ1v) is 19.5. The van der Waals surface area contributed by atoms with Gasteiger partial charge >= 0.3 is 0 Å². The summed E-state index contributed by atoms with van der Waals surface area (Å²) >= 11 is 24.1. The van der Waals surface area contributed by atoms with Crippen LogP contribution < -0.4 is 24.8 Å². The van der Waals surface area contributed by atoms with E-state index in [-0.39, 0.29) is 36.6 Å². The van der Waals surface area contributed by atoms with Gasteiger partial charge in [-0.25, -0.2) is 0 Å². The molecule has 2 aliphatic carbocycles. The fraction of sp³-hybridized carbons (Fsp3) is 0.632. The quantitative estimate of drug-likeness (QED) is 0.412. The lowest BCUT2D eigenvalue weighted by atomic mass is 9.88. The Morgan fingerprint density at radius 3 is 1.24 bits per heavy atom. The van der Waals surface area contributed by atoms with E-state index in [1.807, 2.05) is 36.0 Å². The lowest BCUT2D eigenvalue weighted by Crippen LogP contribution is -3.00. The summed E-state index contributed by atoms with van der Waals surface area (Å²) in [6.07, 6.45) is 15.6. The highest BCUT2D eigenvalue weighted by Crippen LogP contribution is 2.31. The Balaban J connectivity index is 0.000000260. The zero-order valence-electron chi connectivity index (χ0n) is 29.4. The molecule has 0 radical (unpaired) electrons. The number of benzene rings is 2. The Labute approximate surface area is 332 Å². The number of rotatable bonds is 8. The van der Waals surface area contributed by atoms with Crippen LogP contribution in [0.1, 0.15) is 88.2 Å². The molecule has 4 atom stereocenters. The maximum absolute atomic E-state index is 12.8. The van der Waals surface area contributed by atoms with E-state index in [1.54, 1.807) is 24.3 Å². The van der Waals surface area contributed by atoms with Crippen molar-refractivity contribution in [2.45, 2.75) is 114 Å². The number of hydrogen-bond donors (Lipinski definition) is 0. The number of hydrogen-bond acceptors (Lipinski definition) is 4. The number of amides is 2. The third-order valence-electron chi connectivity index (χ3n) is 11.1. The summed E-state index contributed by atoms with van der Waals surface area (Å²) in [5, 5.41) is 2.08. The lowest BCUT2D eigenvalue weighted by Gasteiger charge is -2.42. The zero-order chi connectivity index (χ0) is 34.2. The van der Waals surface area contributed by atoms with Gasteiger partial charge in [-0.05, 0) is 113 Å². The van der Waals surface area contributed by atoms with E-state index in [0.29, 0.717) is 57.1 Å². The topological polar surface area (TPSA) is 47.1 Å². The molecule has 0 N–H and O–H groups in total. The van der Waals surface area contributed by atoms with E-state index in [2.05, 4.69) is 9.80 Å². The van der Waals surface area contributed by atoms with Crippen LogP contribution in [0.2, 0.25) is 20.1 Å². The van der Waals surface area contributed by atoms with Crippen molar-refractivity contribution in [3.8, 4) is 0 Å². The van der Waals surface area contributed by atoms with Crippen LogP contribution in [-0.2, 0) is 22.4 Å². The zero-order valence-corrected chi connectivity index (χ0v) is 33.9. The summed E-state index contributed by atoms with van der Waals surface area (Å²) in [7, 11) is 3.94. The molecule has 280 valence electrons. The van der Waals surface area contributed by atoms with E-state index < -0.39 is 0 Å². The van der Waals surface area contributed by atoms with Crippen LogP contribution in [0.25, 0.3) is 0 Å². The minimum Gasteiger partial charge on any atom is -1.00 e. The number of carbonyl (C=O) groups excluding carboxylic acids is 2. The van der Waals surface area contributed by atoms with Crippen LogP contribution >= 0.6 is 46.4 Å². The van der Waals surface area contributed by atoms with Crippen molar-refractivity contribution >= 4 is 58.2 Å². The number of halogens is 6. The Kier molecular flexibility index (Phi) is 18.3. The van der Waals surface area contributed by atoms with Crippen LogP contribution in [0.3, 0.4) is 0 Å². The van der Waals surface area contributed by atoms with Crippen LogP contribution in [0.15, 0.2) is 36.4 Å². The second-order valence-electron chi connectivity index (χ2n) is 14.2. The van der Waals surface area contributed by atoms with Gasteiger partial charge in [0, 0.05) is 38.3 Å². The Morgan fingerprint density at radius 1 is 0.560 bits per heavy atom. The summed E-state index contributed by atoms with van der Waals surface area (Å²) in [6.45, 7) is 4.76. The second-order valence-corrected chi connectivity index (χ2v) is 15.8. The molecule has 2 aromatic rings. The fourth-order valence-corrected chi connectivity index (χ4v) is 8.99. The minimum atomic E-state index is 0. The van der Waals surface area contributed by atoms with Gasteiger partial charge in [0.1, 0.15) is 0 Å². The maximum atomic E-state index is 12.8. The van der Waals surface area contributed by atoms with Crippen LogP contribution in [-0.4, -0.2) is 95.9 Å². The number of likely N-dealkylation sites (N-methyl/N-ethyl adjacent to an activating group) is 2. The number of carbonyl (C=O) groups is 2. The molecule has 0 unspecified atom stereocenters. The third kappa shape index (κ3) is 11.5. The number of nitrogens with zero attached hydrogens (tertiary/aromatic N) is 4. The molecule has 6 nitrogen and oxygen atoms in total. The van der Waals surface area contributed by atoms with Gasteiger partial charge in [-0.2, -0.15) is 0 Å². The van der Waals surface area contributed by atoms with Crippen LogP contribution in [0, 0.1) is 0 Å². The largest absolute Gasteiger partial charge is 1.00 e. The average molecular weight is 810 g/mol. The molecule has 2 saturated heterocycles. The van der Waals surface area contributed by atoms with Gasteiger partial charge in [0.25, 0.3) is 0 Å². The van der Waals surface area contributed by atoms with Crippen molar-refractivity contribution in [1.29, 1.82) is 0 Å². The molecule has 2 heterocycles. The molecule has 6 rings (SSSR count). The molecule has 12 heteroatoms. The van der Waals surface area contributed by atoms with Crippen LogP contribution in [0.5, 0.6) is 0 Å². The predicted octanol–water partition coefficient (Wildman–Crippen LogP) is 2.81. The molecule has 2 amide bonds. The van der Waals surface area contributed by atoms with Gasteiger partial charge in [0.2, 0.25) is 11.8 Å².